The summed E-state index contributed by atoms with van der Waals surface area (Å²) in [5.74, 6) is 1.00. The molecule has 0 saturated carbocycles. The summed E-state index contributed by atoms with van der Waals surface area (Å²) in [5, 5.41) is 0.675. The molecule has 2 heterocycles. The standard InChI is InChI=1S/C24H30ClN5O/c1-3-28(4-2)17-23(31)30-13-7-12-29(14-15-30)18-10-11-20(25)19(16-18)24-26-21-8-5-6-9-22(21)27-24/h5-6,8-11,16H,3-4,7,12-15,17H2,1-2H3,(H,26,27). The van der Waals surface area contributed by atoms with Gasteiger partial charge in [-0.15, -0.1) is 0 Å². The Balaban J connectivity index is 1.50. The molecule has 7 heteroatoms. The van der Waals surface area contributed by atoms with Crippen molar-refractivity contribution in [3.05, 3.63) is 47.5 Å². The molecule has 0 radical (unpaired) electrons. The fourth-order valence-electron chi connectivity index (χ4n) is 4.14. The van der Waals surface area contributed by atoms with Crippen molar-refractivity contribution in [1.82, 2.24) is 19.8 Å². The van der Waals surface area contributed by atoms with E-state index in [2.05, 4.69) is 40.8 Å². The zero-order valence-corrected chi connectivity index (χ0v) is 19.0. The maximum absolute atomic E-state index is 12.7. The number of likely N-dealkylation sites (N-methyl/N-ethyl adjacent to an activating group) is 1. The summed E-state index contributed by atoms with van der Waals surface area (Å²) < 4.78 is 0. The number of para-hydroxylation sites is 2. The molecule has 0 unspecified atom stereocenters. The van der Waals surface area contributed by atoms with Crippen molar-refractivity contribution in [2.45, 2.75) is 20.3 Å². The van der Waals surface area contributed by atoms with Crippen LogP contribution in [0.2, 0.25) is 5.02 Å². The number of hydrogen-bond acceptors (Lipinski definition) is 4. The first kappa shape index (κ1) is 21.7. The minimum atomic E-state index is 0.227. The molecule has 164 valence electrons. The molecule has 6 nitrogen and oxygen atoms in total. The Labute approximate surface area is 188 Å². The average molecular weight is 440 g/mol. The zero-order valence-electron chi connectivity index (χ0n) is 18.3. The van der Waals surface area contributed by atoms with Gasteiger partial charge in [0.15, 0.2) is 0 Å². The predicted octanol–water partition coefficient (Wildman–Crippen LogP) is 4.26. The van der Waals surface area contributed by atoms with Crippen molar-refractivity contribution in [3.63, 3.8) is 0 Å². The van der Waals surface area contributed by atoms with Gasteiger partial charge in [0, 0.05) is 37.4 Å². The van der Waals surface area contributed by atoms with Crippen molar-refractivity contribution in [2.24, 2.45) is 0 Å². The van der Waals surface area contributed by atoms with Gasteiger partial charge >= 0.3 is 0 Å². The van der Waals surface area contributed by atoms with Crippen LogP contribution in [0.25, 0.3) is 22.4 Å². The Kier molecular flexibility index (Phi) is 6.78. The van der Waals surface area contributed by atoms with Gasteiger partial charge in [-0.25, -0.2) is 4.98 Å². The number of nitrogens with one attached hydrogen (secondary N) is 1. The Morgan fingerprint density at radius 1 is 1.10 bits per heavy atom. The van der Waals surface area contributed by atoms with E-state index < -0.39 is 0 Å². The number of aromatic nitrogens is 2. The first-order valence-electron chi connectivity index (χ1n) is 11.1. The number of rotatable bonds is 6. The Morgan fingerprint density at radius 2 is 1.90 bits per heavy atom. The molecule has 0 bridgehead atoms. The highest BCUT2D eigenvalue weighted by Crippen LogP contribution is 2.32. The molecule has 31 heavy (non-hydrogen) atoms. The lowest BCUT2D eigenvalue weighted by Gasteiger charge is -2.26. The molecular weight excluding hydrogens is 410 g/mol. The number of anilines is 1. The van der Waals surface area contributed by atoms with Gasteiger partial charge in [0.1, 0.15) is 5.82 Å². The van der Waals surface area contributed by atoms with Gasteiger partial charge in [0.05, 0.1) is 22.6 Å². The van der Waals surface area contributed by atoms with Gasteiger partial charge in [0.2, 0.25) is 5.91 Å². The van der Waals surface area contributed by atoms with Crippen LogP contribution in [0.1, 0.15) is 20.3 Å². The molecule has 1 aliphatic rings. The third-order valence-electron chi connectivity index (χ3n) is 6.06. The number of imidazole rings is 1. The second kappa shape index (κ2) is 9.71. The van der Waals surface area contributed by atoms with Crippen LogP contribution in [0, 0.1) is 0 Å². The number of hydrogen-bond donors (Lipinski definition) is 1. The van der Waals surface area contributed by atoms with Crippen LogP contribution in [0.3, 0.4) is 0 Å². The number of carbonyl (C=O) groups excluding carboxylic acids is 1. The van der Waals surface area contributed by atoms with E-state index in [0.717, 1.165) is 73.8 Å². The highest BCUT2D eigenvalue weighted by Gasteiger charge is 2.21. The lowest BCUT2D eigenvalue weighted by molar-refractivity contribution is -0.132. The summed E-state index contributed by atoms with van der Waals surface area (Å²) in [4.78, 5) is 27.3. The van der Waals surface area contributed by atoms with E-state index in [1.807, 2.05) is 35.2 Å². The van der Waals surface area contributed by atoms with Crippen LogP contribution in [0.4, 0.5) is 5.69 Å². The summed E-state index contributed by atoms with van der Waals surface area (Å²) in [6.45, 7) is 9.77. The molecule has 1 fully saturated rings. The topological polar surface area (TPSA) is 55.5 Å². The molecule has 1 N–H and O–H groups in total. The second-order valence-electron chi connectivity index (χ2n) is 7.95. The maximum atomic E-state index is 12.7. The number of aromatic amines is 1. The summed E-state index contributed by atoms with van der Waals surface area (Å²) >= 11 is 6.53. The van der Waals surface area contributed by atoms with Crippen LogP contribution in [-0.2, 0) is 4.79 Å². The monoisotopic (exact) mass is 439 g/mol. The second-order valence-corrected chi connectivity index (χ2v) is 8.36. The summed E-state index contributed by atoms with van der Waals surface area (Å²) in [5.41, 5.74) is 3.93. The number of nitrogens with zero attached hydrogens (tertiary/aromatic N) is 4. The third-order valence-corrected chi connectivity index (χ3v) is 6.39. The zero-order chi connectivity index (χ0) is 21.8. The van der Waals surface area contributed by atoms with Crippen LogP contribution in [-0.4, -0.2) is 71.5 Å². The van der Waals surface area contributed by atoms with E-state index in [-0.39, 0.29) is 5.91 Å². The Morgan fingerprint density at radius 3 is 2.68 bits per heavy atom. The van der Waals surface area contributed by atoms with Gasteiger partial charge in [0.25, 0.3) is 0 Å². The van der Waals surface area contributed by atoms with E-state index >= 15 is 0 Å². The molecule has 0 spiro atoms. The Bertz CT molecular complexity index is 1010. The molecule has 1 amide bonds. The summed E-state index contributed by atoms with van der Waals surface area (Å²) in [6.07, 6.45) is 0.951. The SMILES string of the molecule is CCN(CC)CC(=O)N1CCCN(c2ccc(Cl)c(-c3nc4ccccc4[nH]3)c2)CC1. The number of benzene rings is 2. The fourth-order valence-corrected chi connectivity index (χ4v) is 4.34. The van der Waals surface area contributed by atoms with Gasteiger partial charge in [-0.2, -0.15) is 0 Å². The normalized spacial score (nSPS) is 15.0. The quantitative estimate of drug-likeness (QED) is 0.623. The largest absolute Gasteiger partial charge is 0.370 e. The van der Waals surface area contributed by atoms with Crippen molar-refractivity contribution in [3.8, 4) is 11.4 Å². The minimum Gasteiger partial charge on any atom is -0.370 e. The first-order chi connectivity index (χ1) is 15.1. The van der Waals surface area contributed by atoms with Crippen LogP contribution in [0.5, 0.6) is 0 Å². The van der Waals surface area contributed by atoms with Crippen LogP contribution in [0.15, 0.2) is 42.5 Å². The Hall–Kier alpha value is -2.57. The van der Waals surface area contributed by atoms with Crippen molar-refractivity contribution < 1.29 is 4.79 Å². The van der Waals surface area contributed by atoms with Crippen LogP contribution < -0.4 is 4.90 Å². The van der Waals surface area contributed by atoms with Gasteiger partial charge in [-0.3, -0.25) is 9.69 Å². The molecule has 1 aromatic heterocycles. The minimum absolute atomic E-state index is 0.227. The average Bonchev–Trinajstić information content (AvgIpc) is 3.06. The van der Waals surface area contributed by atoms with Crippen molar-refractivity contribution in [1.29, 1.82) is 0 Å². The molecule has 0 atom stereocenters. The van der Waals surface area contributed by atoms with E-state index in [1.165, 1.54) is 0 Å². The smallest absolute Gasteiger partial charge is 0.236 e. The molecule has 0 aliphatic carbocycles. The molecule has 1 saturated heterocycles. The van der Waals surface area contributed by atoms with Crippen molar-refractivity contribution >= 4 is 34.2 Å². The van der Waals surface area contributed by atoms with E-state index in [9.17, 15) is 4.79 Å². The number of carbonyl (C=O) groups is 1. The lowest BCUT2D eigenvalue weighted by atomic mass is 10.1. The van der Waals surface area contributed by atoms with Gasteiger partial charge in [-0.05, 0) is 49.8 Å². The highest BCUT2D eigenvalue weighted by molar-refractivity contribution is 6.33. The fraction of sp³-hybridized carbons (Fsp3) is 0.417. The van der Waals surface area contributed by atoms with E-state index in [1.54, 1.807) is 0 Å². The summed E-state index contributed by atoms with van der Waals surface area (Å²) in [6, 6.07) is 14.1. The van der Waals surface area contributed by atoms with E-state index in [0.29, 0.717) is 11.6 Å². The van der Waals surface area contributed by atoms with E-state index in [4.69, 9.17) is 16.6 Å². The first-order valence-corrected chi connectivity index (χ1v) is 11.5. The maximum Gasteiger partial charge on any atom is 0.236 e. The van der Waals surface area contributed by atoms with Gasteiger partial charge in [-0.1, -0.05) is 37.6 Å². The number of halogens is 1. The van der Waals surface area contributed by atoms with Crippen LogP contribution >= 0.6 is 11.6 Å². The lowest BCUT2D eigenvalue weighted by Crippen LogP contribution is -2.42. The van der Waals surface area contributed by atoms with Crippen molar-refractivity contribution in [2.75, 3.05) is 50.7 Å². The molecule has 1 aliphatic heterocycles. The summed E-state index contributed by atoms with van der Waals surface area (Å²) in [7, 11) is 0. The molecule has 4 rings (SSSR count). The third kappa shape index (κ3) is 4.86. The molecule has 3 aromatic rings. The number of fused-ring (bicyclic) bond motifs is 1. The molecular formula is C24H30ClN5O. The number of amides is 1. The van der Waals surface area contributed by atoms with Gasteiger partial charge < -0.3 is 14.8 Å². The highest BCUT2D eigenvalue weighted by atomic mass is 35.5. The predicted molar refractivity (Wildman–Crippen MR) is 128 cm³/mol. The number of H-pyrrole nitrogens is 1. The molecule has 2 aromatic carbocycles.